The third-order valence-corrected chi connectivity index (χ3v) is 3.61. The van der Waals surface area contributed by atoms with Gasteiger partial charge in [-0.25, -0.2) is 15.0 Å². The number of benzene rings is 2. The van der Waals surface area contributed by atoms with Crippen LogP contribution in [-0.4, -0.2) is 36.5 Å². The number of aryl methyl sites for hydroxylation is 1. The summed E-state index contributed by atoms with van der Waals surface area (Å²) in [5.41, 5.74) is 4.65. The van der Waals surface area contributed by atoms with Gasteiger partial charge in [0, 0.05) is 5.69 Å². The molecule has 0 bridgehead atoms. The molecule has 0 aliphatic rings. The number of methoxy groups -OCH3 is 1. The topological polar surface area (TPSA) is 109 Å². The first-order chi connectivity index (χ1) is 12.9. The third-order valence-electron chi connectivity index (χ3n) is 3.61. The molecule has 2 aromatic carbocycles. The number of rotatable bonds is 7. The minimum atomic E-state index is -1.08. The van der Waals surface area contributed by atoms with E-state index in [-0.39, 0.29) is 0 Å². The maximum Gasteiger partial charge on any atom is 0.344 e. The second-order valence-corrected chi connectivity index (χ2v) is 5.65. The van der Waals surface area contributed by atoms with Crippen molar-refractivity contribution in [2.45, 2.75) is 20.0 Å². The van der Waals surface area contributed by atoms with Crippen LogP contribution in [0.2, 0.25) is 0 Å². The first-order valence-electron chi connectivity index (χ1n) is 8.14. The predicted molar refractivity (Wildman–Crippen MR) is 102 cm³/mol. The first-order valence-corrected chi connectivity index (χ1v) is 8.14. The van der Waals surface area contributed by atoms with Crippen LogP contribution < -0.4 is 20.2 Å². The highest BCUT2D eigenvalue weighted by Crippen LogP contribution is 2.28. The van der Waals surface area contributed by atoms with Gasteiger partial charge in [-0.2, -0.15) is 5.10 Å². The summed E-state index contributed by atoms with van der Waals surface area (Å²) >= 11 is 0. The number of hydrogen-bond acceptors (Lipinski definition) is 5. The molecule has 0 fully saturated rings. The number of aliphatic carboxylic acids is 1. The fraction of sp³-hybridized carbons (Fsp3) is 0.211. The smallest absolute Gasteiger partial charge is 0.344 e. The Morgan fingerprint density at radius 1 is 1.19 bits per heavy atom. The molecule has 0 saturated carbocycles. The quantitative estimate of drug-likeness (QED) is 0.512. The van der Waals surface area contributed by atoms with Crippen molar-refractivity contribution in [1.82, 2.24) is 5.43 Å². The zero-order valence-electron chi connectivity index (χ0n) is 15.2. The highest BCUT2D eigenvalue weighted by molar-refractivity contribution is 5.91. The van der Waals surface area contributed by atoms with Crippen LogP contribution in [0.15, 0.2) is 47.6 Å². The lowest BCUT2D eigenvalue weighted by Crippen LogP contribution is -2.24. The van der Waals surface area contributed by atoms with E-state index in [1.165, 1.54) is 20.2 Å². The molecular formula is C19H21N3O5. The second-order valence-electron chi connectivity index (χ2n) is 5.65. The van der Waals surface area contributed by atoms with Gasteiger partial charge in [-0.1, -0.05) is 18.2 Å². The van der Waals surface area contributed by atoms with E-state index in [1.54, 1.807) is 24.3 Å². The summed E-state index contributed by atoms with van der Waals surface area (Å²) in [6.45, 7) is 3.31. The van der Waals surface area contributed by atoms with Crippen molar-refractivity contribution >= 4 is 23.9 Å². The molecular weight excluding hydrogens is 350 g/mol. The summed E-state index contributed by atoms with van der Waals surface area (Å²) < 4.78 is 10.5. The van der Waals surface area contributed by atoms with Crippen molar-refractivity contribution in [2.75, 3.05) is 12.4 Å². The summed E-state index contributed by atoms with van der Waals surface area (Å²) in [4.78, 5) is 22.8. The van der Waals surface area contributed by atoms with E-state index >= 15 is 0 Å². The Hall–Kier alpha value is -3.55. The van der Waals surface area contributed by atoms with Crippen molar-refractivity contribution in [2.24, 2.45) is 5.10 Å². The van der Waals surface area contributed by atoms with Gasteiger partial charge in [-0.15, -0.1) is 0 Å². The zero-order valence-corrected chi connectivity index (χ0v) is 15.2. The molecule has 2 rings (SSSR count). The lowest BCUT2D eigenvalue weighted by Gasteiger charge is -2.14. The van der Waals surface area contributed by atoms with Gasteiger partial charge in [-0.05, 0) is 49.2 Å². The number of carboxylic acids is 1. The molecule has 0 radical (unpaired) electrons. The van der Waals surface area contributed by atoms with Gasteiger partial charge in [0.1, 0.15) is 0 Å². The SMILES string of the molecule is COc1cc(/C=N/NC(=O)Nc2ccccc2C)ccc1O[C@@H](C)C(=O)O. The Bertz CT molecular complexity index is 851. The van der Waals surface area contributed by atoms with Crippen LogP contribution in [0.1, 0.15) is 18.1 Å². The number of anilines is 1. The predicted octanol–water partition coefficient (Wildman–Crippen LogP) is 3.01. The number of carbonyl (C=O) groups is 2. The van der Waals surface area contributed by atoms with E-state index in [2.05, 4.69) is 15.8 Å². The van der Waals surface area contributed by atoms with Crippen LogP contribution >= 0.6 is 0 Å². The van der Waals surface area contributed by atoms with Crippen LogP contribution in [0.4, 0.5) is 10.5 Å². The van der Waals surface area contributed by atoms with Crippen molar-refractivity contribution in [3.63, 3.8) is 0 Å². The lowest BCUT2D eigenvalue weighted by atomic mass is 10.2. The third kappa shape index (κ3) is 5.74. The van der Waals surface area contributed by atoms with Gasteiger partial charge in [-0.3, -0.25) is 0 Å². The standard InChI is InChI=1S/C19H21N3O5/c1-12-6-4-5-7-15(12)21-19(25)22-20-11-14-8-9-16(17(10-14)26-3)27-13(2)18(23)24/h4-11,13H,1-3H3,(H,23,24)(H2,21,22,25)/b20-11+/t13-/m0/s1. The number of para-hydroxylation sites is 1. The van der Waals surface area contributed by atoms with E-state index in [9.17, 15) is 9.59 Å². The lowest BCUT2D eigenvalue weighted by molar-refractivity contribution is -0.144. The summed E-state index contributed by atoms with van der Waals surface area (Å²) in [5.74, 6) is -0.419. The van der Waals surface area contributed by atoms with E-state index in [0.717, 1.165) is 5.56 Å². The molecule has 8 heteroatoms. The Balaban J connectivity index is 1.99. The highest BCUT2D eigenvalue weighted by atomic mass is 16.5. The Morgan fingerprint density at radius 3 is 2.59 bits per heavy atom. The van der Waals surface area contributed by atoms with Crippen molar-refractivity contribution in [3.8, 4) is 11.5 Å². The van der Waals surface area contributed by atoms with Crippen LogP contribution in [0.3, 0.4) is 0 Å². The number of urea groups is 1. The van der Waals surface area contributed by atoms with Gasteiger partial charge in [0.15, 0.2) is 17.6 Å². The Morgan fingerprint density at radius 2 is 1.93 bits per heavy atom. The van der Waals surface area contributed by atoms with Crippen LogP contribution in [0.5, 0.6) is 11.5 Å². The maximum atomic E-state index is 11.9. The van der Waals surface area contributed by atoms with Crippen molar-refractivity contribution in [1.29, 1.82) is 0 Å². The summed E-state index contributed by atoms with van der Waals surface area (Å²) in [6, 6.07) is 11.8. The monoisotopic (exact) mass is 371 g/mol. The molecule has 1 atom stereocenters. The molecule has 0 spiro atoms. The molecule has 0 unspecified atom stereocenters. The fourth-order valence-corrected chi connectivity index (χ4v) is 2.13. The first kappa shape index (κ1) is 19.8. The Labute approximate surface area is 156 Å². The summed E-state index contributed by atoms with van der Waals surface area (Å²) in [7, 11) is 1.45. The average Bonchev–Trinajstić information content (AvgIpc) is 2.64. The van der Waals surface area contributed by atoms with Crippen molar-refractivity contribution < 1.29 is 24.2 Å². The van der Waals surface area contributed by atoms with Gasteiger partial charge in [0.05, 0.1) is 13.3 Å². The van der Waals surface area contributed by atoms with Gasteiger partial charge >= 0.3 is 12.0 Å². The molecule has 3 N–H and O–H groups in total. The van der Waals surface area contributed by atoms with Crippen LogP contribution in [0.25, 0.3) is 0 Å². The second kappa shape index (κ2) is 9.23. The molecule has 0 aliphatic heterocycles. The highest BCUT2D eigenvalue weighted by Gasteiger charge is 2.15. The van der Waals surface area contributed by atoms with Gasteiger partial charge in [0.25, 0.3) is 0 Å². The largest absolute Gasteiger partial charge is 0.493 e. The molecule has 2 aromatic rings. The summed E-state index contributed by atoms with van der Waals surface area (Å²) in [6.07, 6.45) is 0.426. The number of carbonyl (C=O) groups excluding carboxylic acids is 1. The van der Waals surface area contributed by atoms with Gasteiger partial charge < -0.3 is 19.9 Å². The van der Waals surface area contributed by atoms with E-state index in [1.807, 2.05) is 25.1 Å². The minimum Gasteiger partial charge on any atom is -0.493 e. The van der Waals surface area contributed by atoms with Crippen molar-refractivity contribution in [3.05, 3.63) is 53.6 Å². The zero-order chi connectivity index (χ0) is 19.8. The number of nitrogens with zero attached hydrogens (tertiary/aromatic N) is 1. The number of amides is 2. The van der Waals surface area contributed by atoms with Crippen LogP contribution in [-0.2, 0) is 4.79 Å². The number of hydrogen-bond donors (Lipinski definition) is 3. The number of nitrogens with one attached hydrogen (secondary N) is 2. The molecule has 0 aromatic heterocycles. The van der Waals surface area contributed by atoms with Gasteiger partial charge in [0.2, 0.25) is 0 Å². The Kier molecular flexibility index (Phi) is 6.76. The fourth-order valence-electron chi connectivity index (χ4n) is 2.13. The summed E-state index contributed by atoms with van der Waals surface area (Å²) in [5, 5.41) is 15.5. The number of ether oxygens (including phenoxy) is 2. The molecule has 2 amide bonds. The minimum absolute atomic E-state index is 0.301. The van der Waals surface area contributed by atoms with E-state index < -0.39 is 18.1 Å². The van der Waals surface area contributed by atoms with Crippen LogP contribution in [0, 0.1) is 6.92 Å². The normalized spacial score (nSPS) is 11.7. The van der Waals surface area contributed by atoms with E-state index in [0.29, 0.717) is 22.7 Å². The molecule has 8 nitrogen and oxygen atoms in total. The maximum absolute atomic E-state index is 11.9. The molecule has 142 valence electrons. The number of hydrazone groups is 1. The average molecular weight is 371 g/mol. The molecule has 27 heavy (non-hydrogen) atoms. The van der Waals surface area contributed by atoms with E-state index in [4.69, 9.17) is 14.6 Å². The molecule has 0 heterocycles. The molecule has 0 saturated heterocycles. The molecule has 0 aliphatic carbocycles. The number of carboxylic acid groups (broad SMARTS) is 1.